The predicted molar refractivity (Wildman–Crippen MR) is 92.8 cm³/mol. The molecular formula is C19H30O4. The van der Waals surface area contributed by atoms with Gasteiger partial charge in [0.05, 0.1) is 24.6 Å². The normalized spacial score (nSPS) is 27.4. The second-order valence-electron chi connectivity index (χ2n) is 6.02. The number of hydrogen-bond acceptors (Lipinski definition) is 4. The summed E-state index contributed by atoms with van der Waals surface area (Å²) in [5, 5.41) is 19.3. The van der Waals surface area contributed by atoms with Crippen LogP contribution < -0.4 is 0 Å². The lowest BCUT2D eigenvalue weighted by molar-refractivity contribution is 0.139. The van der Waals surface area contributed by atoms with E-state index in [1.807, 2.05) is 19.9 Å². The zero-order valence-electron chi connectivity index (χ0n) is 14.7. The van der Waals surface area contributed by atoms with E-state index in [1.165, 1.54) is 0 Å². The van der Waals surface area contributed by atoms with Crippen LogP contribution >= 0.6 is 0 Å². The van der Waals surface area contributed by atoms with E-state index < -0.39 is 12.2 Å². The molecule has 130 valence electrons. The minimum atomic E-state index is -0.499. The molecule has 0 fully saturated rings. The Labute approximate surface area is 139 Å². The summed E-state index contributed by atoms with van der Waals surface area (Å²) in [6.07, 6.45) is 11.5. The number of allylic oxidation sites excluding steroid dienone is 3. The second-order valence-corrected chi connectivity index (χ2v) is 6.02. The first-order valence-corrected chi connectivity index (χ1v) is 8.24. The van der Waals surface area contributed by atoms with Crippen molar-refractivity contribution in [2.45, 2.75) is 64.8 Å². The molecule has 0 aliphatic heterocycles. The van der Waals surface area contributed by atoms with Gasteiger partial charge in [0, 0.05) is 12.7 Å². The van der Waals surface area contributed by atoms with Crippen LogP contribution in [0.4, 0.5) is 0 Å². The van der Waals surface area contributed by atoms with Crippen LogP contribution in [0.2, 0.25) is 0 Å². The Bertz CT molecular complexity index is 472. The minimum Gasteiger partial charge on any atom is -0.465 e. The summed E-state index contributed by atoms with van der Waals surface area (Å²) >= 11 is 0. The Morgan fingerprint density at radius 1 is 1.43 bits per heavy atom. The maximum Gasteiger partial charge on any atom is 0.130 e. The van der Waals surface area contributed by atoms with Gasteiger partial charge >= 0.3 is 0 Å². The second kappa shape index (κ2) is 10.4. The van der Waals surface area contributed by atoms with Crippen LogP contribution in [0, 0.1) is 0 Å². The first-order chi connectivity index (χ1) is 10.9. The number of rotatable bonds is 7. The molecule has 0 spiro atoms. The van der Waals surface area contributed by atoms with Gasteiger partial charge in [-0.25, -0.2) is 0 Å². The van der Waals surface area contributed by atoms with Crippen molar-refractivity contribution >= 4 is 0 Å². The molecule has 1 rings (SSSR count). The molecule has 3 atom stereocenters. The molecule has 23 heavy (non-hydrogen) atoms. The summed E-state index contributed by atoms with van der Waals surface area (Å²) in [7, 11) is 1.67. The van der Waals surface area contributed by atoms with Crippen LogP contribution in [0.1, 0.15) is 46.5 Å². The van der Waals surface area contributed by atoms with Gasteiger partial charge in [-0.3, -0.25) is 0 Å². The zero-order valence-corrected chi connectivity index (χ0v) is 14.7. The van der Waals surface area contributed by atoms with E-state index in [1.54, 1.807) is 32.4 Å². The smallest absolute Gasteiger partial charge is 0.130 e. The zero-order chi connectivity index (χ0) is 17.2. The number of ether oxygens (including phenoxy) is 2. The van der Waals surface area contributed by atoms with E-state index in [2.05, 4.69) is 6.08 Å². The molecule has 0 amide bonds. The Balaban J connectivity index is 2.83. The molecule has 0 saturated heterocycles. The van der Waals surface area contributed by atoms with Gasteiger partial charge in [-0.1, -0.05) is 18.2 Å². The summed E-state index contributed by atoms with van der Waals surface area (Å²) in [6, 6.07) is 0. The van der Waals surface area contributed by atoms with Gasteiger partial charge in [-0.2, -0.15) is 0 Å². The van der Waals surface area contributed by atoms with Crippen LogP contribution in [-0.4, -0.2) is 35.6 Å². The number of aliphatic hydroxyl groups excluding tert-OH is 2. The average Bonchev–Trinajstić information content (AvgIpc) is 2.48. The van der Waals surface area contributed by atoms with E-state index in [9.17, 15) is 10.2 Å². The van der Waals surface area contributed by atoms with Gasteiger partial charge in [0.2, 0.25) is 0 Å². The topological polar surface area (TPSA) is 58.9 Å². The van der Waals surface area contributed by atoms with Gasteiger partial charge in [0.25, 0.3) is 0 Å². The molecule has 0 bridgehead atoms. The van der Waals surface area contributed by atoms with Gasteiger partial charge in [-0.05, 0) is 58.1 Å². The lowest BCUT2D eigenvalue weighted by Gasteiger charge is -2.21. The molecule has 1 aliphatic carbocycles. The Kier molecular flexibility index (Phi) is 8.92. The molecule has 2 unspecified atom stereocenters. The first kappa shape index (κ1) is 19.7. The third-order valence-electron chi connectivity index (χ3n) is 3.73. The summed E-state index contributed by atoms with van der Waals surface area (Å²) in [5.41, 5.74) is 2.00. The van der Waals surface area contributed by atoms with Crippen molar-refractivity contribution in [3.8, 4) is 0 Å². The Morgan fingerprint density at radius 2 is 2.17 bits per heavy atom. The van der Waals surface area contributed by atoms with Gasteiger partial charge in [0.15, 0.2) is 0 Å². The van der Waals surface area contributed by atoms with Crippen molar-refractivity contribution in [2.75, 3.05) is 7.11 Å². The maximum absolute atomic E-state index is 10.0. The molecule has 1 aliphatic rings. The average molecular weight is 322 g/mol. The molecule has 0 aromatic heterocycles. The van der Waals surface area contributed by atoms with Crippen LogP contribution in [0.15, 0.2) is 47.5 Å². The first-order valence-electron chi connectivity index (χ1n) is 8.24. The maximum atomic E-state index is 10.0. The Hall–Kier alpha value is -1.36. The summed E-state index contributed by atoms with van der Waals surface area (Å²) in [5.74, 6) is 0.658. The summed E-state index contributed by atoms with van der Waals surface area (Å²) in [6.45, 7) is 5.66. The molecule has 4 nitrogen and oxygen atoms in total. The predicted octanol–water partition coefficient (Wildman–Crippen LogP) is 3.62. The van der Waals surface area contributed by atoms with E-state index in [4.69, 9.17) is 9.47 Å². The molecule has 0 heterocycles. The van der Waals surface area contributed by atoms with Crippen molar-refractivity contribution in [2.24, 2.45) is 0 Å². The number of aliphatic hydroxyl groups is 2. The van der Waals surface area contributed by atoms with Crippen LogP contribution in [-0.2, 0) is 9.47 Å². The molecule has 2 N–H and O–H groups in total. The van der Waals surface area contributed by atoms with Gasteiger partial charge in [0.1, 0.15) is 5.76 Å². The Morgan fingerprint density at radius 3 is 2.83 bits per heavy atom. The van der Waals surface area contributed by atoms with Gasteiger partial charge < -0.3 is 19.7 Å². The standard InChI is InChI=1S/C19H30O4/c1-14(8-7-9-15(2)20)13-23-19-12-17(21)10-5-6-11-18(19)16(3)22-4/h7,9,11-13,15-17,20-21H,5-6,8,10H2,1-4H3/b9-7-,14-13+,18-11-,19-12+/t15?,16?,17-/m1/s1. The quantitative estimate of drug-likeness (QED) is 0.555. The summed E-state index contributed by atoms with van der Waals surface area (Å²) < 4.78 is 11.3. The van der Waals surface area contributed by atoms with E-state index >= 15 is 0 Å². The third-order valence-corrected chi connectivity index (χ3v) is 3.73. The van der Waals surface area contributed by atoms with Crippen molar-refractivity contribution in [1.29, 1.82) is 0 Å². The molecule has 0 radical (unpaired) electrons. The molecule has 0 aromatic rings. The molecular weight excluding hydrogens is 292 g/mol. The molecule has 0 saturated carbocycles. The lowest BCUT2D eigenvalue weighted by atomic mass is 9.99. The van der Waals surface area contributed by atoms with E-state index in [-0.39, 0.29) is 6.10 Å². The SMILES string of the molecule is COC(C)C1=C/CCC[C@@H](O)/C=C\1O/C=C(\C)C/C=C\C(C)O. The van der Waals surface area contributed by atoms with Crippen molar-refractivity contribution in [1.82, 2.24) is 0 Å². The van der Waals surface area contributed by atoms with Crippen molar-refractivity contribution in [3.05, 3.63) is 47.5 Å². The van der Waals surface area contributed by atoms with Crippen LogP contribution in [0.25, 0.3) is 0 Å². The molecule has 4 heteroatoms. The van der Waals surface area contributed by atoms with Crippen molar-refractivity contribution < 1.29 is 19.7 Å². The lowest BCUT2D eigenvalue weighted by Crippen LogP contribution is -2.15. The number of methoxy groups -OCH3 is 1. The fourth-order valence-electron chi connectivity index (χ4n) is 2.30. The monoisotopic (exact) mass is 322 g/mol. The highest BCUT2D eigenvalue weighted by molar-refractivity contribution is 5.31. The summed E-state index contributed by atoms with van der Waals surface area (Å²) in [4.78, 5) is 0. The largest absolute Gasteiger partial charge is 0.465 e. The highest BCUT2D eigenvalue weighted by Gasteiger charge is 2.17. The van der Waals surface area contributed by atoms with E-state index in [0.717, 1.165) is 30.4 Å². The molecule has 0 aromatic carbocycles. The van der Waals surface area contributed by atoms with E-state index in [0.29, 0.717) is 12.2 Å². The fourth-order valence-corrected chi connectivity index (χ4v) is 2.30. The highest BCUT2D eigenvalue weighted by atomic mass is 16.5. The number of hydrogen-bond donors (Lipinski definition) is 2. The van der Waals surface area contributed by atoms with Crippen molar-refractivity contribution in [3.63, 3.8) is 0 Å². The highest BCUT2D eigenvalue weighted by Crippen LogP contribution is 2.24. The van der Waals surface area contributed by atoms with Crippen LogP contribution in [0.5, 0.6) is 0 Å². The third kappa shape index (κ3) is 7.64. The fraction of sp³-hybridized carbons (Fsp3) is 0.579. The van der Waals surface area contributed by atoms with Gasteiger partial charge in [-0.15, -0.1) is 0 Å². The van der Waals surface area contributed by atoms with Crippen LogP contribution in [0.3, 0.4) is 0 Å². The minimum absolute atomic E-state index is 0.0876.